The molecule has 0 aliphatic rings. The summed E-state index contributed by atoms with van der Waals surface area (Å²) >= 11 is 0. The molecular formula is C15H13N3O2. The number of aromatic nitrogens is 1. The maximum absolute atomic E-state index is 11.6. The molecule has 0 saturated heterocycles. The molecule has 1 amide bonds. The molecule has 2 rings (SSSR count). The minimum Gasteiger partial charge on any atom is -0.326 e. The van der Waals surface area contributed by atoms with Gasteiger partial charge in [-0.15, -0.1) is 0 Å². The van der Waals surface area contributed by atoms with Gasteiger partial charge in [-0.1, -0.05) is 19.1 Å². The Morgan fingerprint density at radius 2 is 2.15 bits per heavy atom. The summed E-state index contributed by atoms with van der Waals surface area (Å²) in [5.74, 6) is -0.0736. The van der Waals surface area contributed by atoms with Gasteiger partial charge >= 0.3 is 0 Å². The van der Waals surface area contributed by atoms with Crippen molar-refractivity contribution in [1.29, 1.82) is 5.26 Å². The molecule has 0 fully saturated rings. The highest BCUT2D eigenvalue weighted by molar-refractivity contribution is 5.91. The van der Waals surface area contributed by atoms with Crippen LogP contribution in [-0.2, 0) is 4.79 Å². The third-order valence-corrected chi connectivity index (χ3v) is 2.81. The molecule has 1 heterocycles. The Bertz CT molecular complexity index is 741. The van der Waals surface area contributed by atoms with Crippen molar-refractivity contribution in [3.05, 3.63) is 52.3 Å². The van der Waals surface area contributed by atoms with Crippen LogP contribution in [0, 0.1) is 11.3 Å². The fraction of sp³-hybridized carbons (Fsp3) is 0.133. The molecule has 0 spiro atoms. The van der Waals surface area contributed by atoms with Crippen LogP contribution in [0.25, 0.3) is 11.3 Å². The number of nitrogens with one attached hydrogen (secondary N) is 2. The predicted molar refractivity (Wildman–Crippen MR) is 76.1 cm³/mol. The normalized spacial score (nSPS) is 9.80. The molecule has 1 aromatic heterocycles. The third kappa shape index (κ3) is 2.93. The van der Waals surface area contributed by atoms with Crippen molar-refractivity contribution < 1.29 is 4.79 Å². The Kier molecular flexibility index (Phi) is 3.96. The molecule has 20 heavy (non-hydrogen) atoms. The van der Waals surface area contributed by atoms with E-state index < -0.39 is 5.56 Å². The van der Waals surface area contributed by atoms with Crippen molar-refractivity contribution >= 4 is 11.6 Å². The maximum Gasteiger partial charge on any atom is 0.266 e. The Balaban J connectivity index is 2.36. The average molecular weight is 267 g/mol. The van der Waals surface area contributed by atoms with Crippen LogP contribution in [-0.4, -0.2) is 10.9 Å². The number of hydrogen-bond acceptors (Lipinski definition) is 3. The molecule has 5 nitrogen and oxygen atoms in total. The van der Waals surface area contributed by atoms with E-state index in [1.807, 2.05) is 12.1 Å². The van der Waals surface area contributed by atoms with Crippen molar-refractivity contribution in [1.82, 2.24) is 4.98 Å². The van der Waals surface area contributed by atoms with Gasteiger partial charge in [0.05, 0.1) is 0 Å². The monoisotopic (exact) mass is 267 g/mol. The highest BCUT2D eigenvalue weighted by Crippen LogP contribution is 2.20. The van der Waals surface area contributed by atoms with Gasteiger partial charge < -0.3 is 10.3 Å². The predicted octanol–water partition coefficient (Wildman–Crippen LogP) is 2.26. The van der Waals surface area contributed by atoms with E-state index in [9.17, 15) is 9.59 Å². The summed E-state index contributed by atoms with van der Waals surface area (Å²) in [7, 11) is 0. The first-order valence-corrected chi connectivity index (χ1v) is 6.17. The summed E-state index contributed by atoms with van der Waals surface area (Å²) in [6, 6.07) is 12.1. The van der Waals surface area contributed by atoms with Gasteiger partial charge in [0.2, 0.25) is 5.91 Å². The number of carbonyl (C=O) groups is 1. The van der Waals surface area contributed by atoms with Gasteiger partial charge in [0, 0.05) is 23.4 Å². The first-order valence-electron chi connectivity index (χ1n) is 6.17. The van der Waals surface area contributed by atoms with E-state index >= 15 is 0 Å². The van der Waals surface area contributed by atoms with E-state index in [1.54, 1.807) is 31.2 Å². The second-order valence-corrected chi connectivity index (χ2v) is 4.21. The largest absolute Gasteiger partial charge is 0.326 e. The van der Waals surface area contributed by atoms with Gasteiger partial charge in [-0.2, -0.15) is 5.26 Å². The standard InChI is InChI=1S/C15H13N3O2/c1-2-14(19)17-12-5-3-4-10(8-12)13-7-6-11(9-16)15(20)18-13/h3-8H,2H2,1H3,(H,17,19)(H,18,20). The Hall–Kier alpha value is -2.87. The van der Waals surface area contributed by atoms with Gasteiger partial charge in [0.1, 0.15) is 11.6 Å². The van der Waals surface area contributed by atoms with Crippen LogP contribution in [0.2, 0.25) is 0 Å². The van der Waals surface area contributed by atoms with E-state index in [1.165, 1.54) is 6.07 Å². The van der Waals surface area contributed by atoms with Crippen molar-refractivity contribution in [2.24, 2.45) is 0 Å². The van der Waals surface area contributed by atoms with Crippen LogP contribution in [0.15, 0.2) is 41.2 Å². The van der Waals surface area contributed by atoms with Crippen LogP contribution in [0.3, 0.4) is 0 Å². The number of nitrogens with zero attached hydrogens (tertiary/aromatic N) is 1. The molecule has 0 saturated carbocycles. The Labute approximate surface area is 115 Å². The number of anilines is 1. The SMILES string of the molecule is CCC(=O)Nc1cccc(-c2ccc(C#N)c(=O)[nH]2)c1. The minimum atomic E-state index is -0.423. The summed E-state index contributed by atoms with van der Waals surface area (Å²) in [6.45, 7) is 1.78. The number of H-pyrrole nitrogens is 1. The van der Waals surface area contributed by atoms with E-state index in [0.29, 0.717) is 17.8 Å². The van der Waals surface area contributed by atoms with Gasteiger partial charge in [-0.25, -0.2) is 0 Å². The highest BCUT2D eigenvalue weighted by Gasteiger charge is 2.04. The van der Waals surface area contributed by atoms with Crippen molar-refractivity contribution in [3.8, 4) is 17.3 Å². The zero-order valence-electron chi connectivity index (χ0n) is 10.9. The average Bonchev–Trinajstić information content (AvgIpc) is 2.47. The molecule has 0 radical (unpaired) electrons. The van der Waals surface area contributed by atoms with E-state index in [4.69, 9.17) is 5.26 Å². The molecule has 0 aliphatic carbocycles. The molecule has 2 aromatic rings. The molecule has 2 N–H and O–H groups in total. The van der Waals surface area contributed by atoms with Crippen molar-refractivity contribution in [2.75, 3.05) is 5.32 Å². The van der Waals surface area contributed by atoms with Crippen LogP contribution in [0.1, 0.15) is 18.9 Å². The van der Waals surface area contributed by atoms with Gasteiger partial charge in [-0.05, 0) is 24.3 Å². The van der Waals surface area contributed by atoms with Gasteiger partial charge in [0.25, 0.3) is 5.56 Å². The van der Waals surface area contributed by atoms with Crippen LogP contribution >= 0.6 is 0 Å². The molecular weight excluding hydrogens is 254 g/mol. The van der Waals surface area contributed by atoms with Crippen molar-refractivity contribution in [2.45, 2.75) is 13.3 Å². The van der Waals surface area contributed by atoms with E-state index in [-0.39, 0.29) is 11.5 Å². The maximum atomic E-state index is 11.6. The van der Waals surface area contributed by atoms with Crippen molar-refractivity contribution in [3.63, 3.8) is 0 Å². The molecule has 0 unspecified atom stereocenters. The molecule has 0 aliphatic heterocycles. The lowest BCUT2D eigenvalue weighted by Gasteiger charge is -2.06. The lowest BCUT2D eigenvalue weighted by atomic mass is 10.1. The van der Waals surface area contributed by atoms with Gasteiger partial charge in [0.15, 0.2) is 0 Å². The topological polar surface area (TPSA) is 85.8 Å². The first kappa shape index (κ1) is 13.6. The van der Waals surface area contributed by atoms with E-state index in [2.05, 4.69) is 10.3 Å². The Morgan fingerprint density at radius 1 is 1.35 bits per heavy atom. The number of carbonyl (C=O) groups excluding carboxylic acids is 1. The molecule has 100 valence electrons. The fourth-order valence-corrected chi connectivity index (χ4v) is 1.74. The van der Waals surface area contributed by atoms with Crippen LogP contribution in [0.5, 0.6) is 0 Å². The highest BCUT2D eigenvalue weighted by atomic mass is 16.1. The number of amides is 1. The quantitative estimate of drug-likeness (QED) is 0.894. The smallest absolute Gasteiger partial charge is 0.266 e. The van der Waals surface area contributed by atoms with E-state index in [0.717, 1.165) is 5.56 Å². The number of hydrogen-bond donors (Lipinski definition) is 2. The third-order valence-electron chi connectivity index (χ3n) is 2.81. The van der Waals surface area contributed by atoms with Crippen LogP contribution < -0.4 is 10.9 Å². The first-order chi connectivity index (χ1) is 9.63. The summed E-state index contributed by atoms with van der Waals surface area (Å²) in [4.78, 5) is 25.6. The fourth-order valence-electron chi connectivity index (χ4n) is 1.74. The summed E-state index contributed by atoms with van der Waals surface area (Å²) in [6.07, 6.45) is 0.401. The number of nitriles is 1. The second kappa shape index (κ2) is 5.85. The second-order valence-electron chi connectivity index (χ2n) is 4.21. The summed E-state index contributed by atoms with van der Waals surface area (Å²) in [5, 5.41) is 11.5. The van der Waals surface area contributed by atoms with Gasteiger partial charge in [-0.3, -0.25) is 9.59 Å². The lowest BCUT2D eigenvalue weighted by Crippen LogP contribution is -2.11. The van der Waals surface area contributed by atoms with Crippen LogP contribution in [0.4, 0.5) is 5.69 Å². The summed E-state index contributed by atoms with van der Waals surface area (Å²) < 4.78 is 0. The molecule has 0 atom stereocenters. The summed E-state index contributed by atoms with van der Waals surface area (Å²) in [5.41, 5.74) is 1.68. The minimum absolute atomic E-state index is 0.0733. The molecule has 0 bridgehead atoms. The molecule has 1 aromatic carbocycles. The number of pyridine rings is 1. The zero-order chi connectivity index (χ0) is 14.5. The number of rotatable bonds is 3. The molecule has 5 heteroatoms. The number of aromatic amines is 1. The Morgan fingerprint density at radius 3 is 2.80 bits per heavy atom. The zero-order valence-corrected chi connectivity index (χ0v) is 10.9. The number of benzene rings is 1. The lowest BCUT2D eigenvalue weighted by molar-refractivity contribution is -0.115.